The maximum absolute atomic E-state index is 5.40. The SMILES string of the molecule is CCOc1cnc(N)nc1OCC. The Balaban J connectivity index is 2.89. The van der Waals surface area contributed by atoms with Gasteiger partial charge in [0.1, 0.15) is 0 Å². The Morgan fingerprint density at radius 2 is 2.00 bits per heavy atom. The minimum atomic E-state index is 0.187. The lowest BCUT2D eigenvalue weighted by Crippen LogP contribution is -2.03. The Morgan fingerprint density at radius 1 is 1.31 bits per heavy atom. The second kappa shape index (κ2) is 4.49. The van der Waals surface area contributed by atoms with Crippen LogP contribution in [0.25, 0.3) is 0 Å². The number of aromatic nitrogens is 2. The van der Waals surface area contributed by atoms with Gasteiger partial charge < -0.3 is 15.2 Å². The highest BCUT2D eigenvalue weighted by Crippen LogP contribution is 2.23. The Hall–Kier alpha value is -1.52. The van der Waals surface area contributed by atoms with E-state index < -0.39 is 0 Å². The standard InChI is InChI=1S/C8H13N3O2/c1-3-12-6-5-10-8(9)11-7(6)13-4-2/h5H,3-4H2,1-2H3,(H2,9,10,11). The lowest BCUT2D eigenvalue weighted by atomic mass is 10.5. The number of anilines is 1. The van der Waals surface area contributed by atoms with E-state index in [0.717, 1.165) is 0 Å². The fraction of sp³-hybridized carbons (Fsp3) is 0.500. The van der Waals surface area contributed by atoms with Gasteiger partial charge in [-0.05, 0) is 13.8 Å². The fourth-order valence-electron chi connectivity index (χ4n) is 0.863. The molecule has 0 aliphatic carbocycles. The summed E-state index contributed by atoms with van der Waals surface area (Å²) in [6.07, 6.45) is 1.51. The van der Waals surface area contributed by atoms with E-state index in [1.54, 1.807) is 0 Å². The summed E-state index contributed by atoms with van der Waals surface area (Å²) in [5, 5.41) is 0. The van der Waals surface area contributed by atoms with Crippen LogP contribution in [0.1, 0.15) is 13.8 Å². The van der Waals surface area contributed by atoms with Crippen molar-refractivity contribution in [1.29, 1.82) is 0 Å². The van der Waals surface area contributed by atoms with Crippen molar-refractivity contribution >= 4 is 5.95 Å². The molecule has 72 valence electrons. The van der Waals surface area contributed by atoms with E-state index >= 15 is 0 Å². The van der Waals surface area contributed by atoms with E-state index in [1.807, 2.05) is 13.8 Å². The van der Waals surface area contributed by atoms with Gasteiger partial charge in [-0.15, -0.1) is 0 Å². The predicted molar refractivity (Wildman–Crippen MR) is 48.8 cm³/mol. The molecule has 1 aromatic heterocycles. The minimum Gasteiger partial charge on any atom is -0.487 e. The topological polar surface area (TPSA) is 70.3 Å². The molecule has 5 heteroatoms. The van der Waals surface area contributed by atoms with E-state index in [9.17, 15) is 0 Å². The van der Waals surface area contributed by atoms with Gasteiger partial charge in [-0.25, -0.2) is 4.98 Å². The average Bonchev–Trinajstić information content (AvgIpc) is 2.10. The molecule has 1 heterocycles. The van der Waals surface area contributed by atoms with Crippen LogP contribution in [-0.2, 0) is 0 Å². The molecule has 0 atom stereocenters. The summed E-state index contributed by atoms with van der Waals surface area (Å²) in [5.41, 5.74) is 5.40. The van der Waals surface area contributed by atoms with E-state index in [-0.39, 0.29) is 5.95 Å². The first-order valence-corrected chi connectivity index (χ1v) is 4.16. The van der Waals surface area contributed by atoms with Gasteiger partial charge in [0.25, 0.3) is 5.88 Å². The van der Waals surface area contributed by atoms with Gasteiger partial charge >= 0.3 is 0 Å². The lowest BCUT2D eigenvalue weighted by molar-refractivity contribution is 0.277. The number of nitrogens with two attached hydrogens (primary N) is 1. The molecule has 0 radical (unpaired) electrons. The molecular formula is C8H13N3O2. The molecule has 5 nitrogen and oxygen atoms in total. The summed E-state index contributed by atoms with van der Waals surface area (Å²) >= 11 is 0. The van der Waals surface area contributed by atoms with Gasteiger partial charge in [-0.2, -0.15) is 4.98 Å². The summed E-state index contributed by atoms with van der Waals surface area (Å²) < 4.78 is 10.5. The maximum Gasteiger partial charge on any atom is 0.261 e. The third-order valence-electron chi connectivity index (χ3n) is 1.32. The molecule has 0 amide bonds. The van der Waals surface area contributed by atoms with E-state index in [2.05, 4.69) is 9.97 Å². The Labute approximate surface area is 76.9 Å². The molecule has 0 fully saturated rings. The molecule has 0 spiro atoms. The van der Waals surface area contributed by atoms with Crippen LogP contribution in [0, 0.1) is 0 Å². The molecule has 0 aliphatic rings. The molecule has 0 unspecified atom stereocenters. The number of nitrogen functional groups attached to an aromatic ring is 1. The van der Waals surface area contributed by atoms with Crippen LogP contribution in [0.4, 0.5) is 5.95 Å². The molecule has 0 aromatic carbocycles. The zero-order valence-electron chi connectivity index (χ0n) is 7.78. The molecule has 0 saturated heterocycles. The molecule has 2 N–H and O–H groups in total. The zero-order chi connectivity index (χ0) is 9.68. The quantitative estimate of drug-likeness (QED) is 0.749. The van der Waals surface area contributed by atoms with E-state index in [0.29, 0.717) is 24.8 Å². The van der Waals surface area contributed by atoms with Crippen LogP contribution in [0.5, 0.6) is 11.6 Å². The first-order valence-electron chi connectivity index (χ1n) is 4.16. The van der Waals surface area contributed by atoms with Crippen molar-refractivity contribution < 1.29 is 9.47 Å². The van der Waals surface area contributed by atoms with Crippen molar-refractivity contribution in [3.05, 3.63) is 6.20 Å². The van der Waals surface area contributed by atoms with Crippen LogP contribution in [0.15, 0.2) is 6.20 Å². The second-order valence-electron chi connectivity index (χ2n) is 2.26. The summed E-state index contributed by atoms with van der Waals surface area (Å²) in [4.78, 5) is 7.70. The van der Waals surface area contributed by atoms with Gasteiger partial charge in [0.15, 0.2) is 5.75 Å². The molecule has 0 bridgehead atoms. The third-order valence-corrected chi connectivity index (χ3v) is 1.32. The highest BCUT2D eigenvalue weighted by atomic mass is 16.5. The summed E-state index contributed by atoms with van der Waals surface area (Å²) in [6.45, 7) is 4.82. The highest BCUT2D eigenvalue weighted by Gasteiger charge is 2.06. The number of ether oxygens (including phenoxy) is 2. The Kier molecular flexibility index (Phi) is 3.31. The zero-order valence-corrected chi connectivity index (χ0v) is 7.78. The summed E-state index contributed by atoms with van der Waals surface area (Å²) in [7, 11) is 0. The van der Waals surface area contributed by atoms with Gasteiger partial charge in [-0.3, -0.25) is 0 Å². The van der Waals surface area contributed by atoms with Gasteiger partial charge in [-0.1, -0.05) is 0 Å². The van der Waals surface area contributed by atoms with Crippen molar-refractivity contribution in [2.45, 2.75) is 13.8 Å². The number of hydrogen-bond donors (Lipinski definition) is 1. The number of rotatable bonds is 4. The minimum absolute atomic E-state index is 0.187. The van der Waals surface area contributed by atoms with Crippen molar-refractivity contribution in [2.75, 3.05) is 18.9 Å². The molecule has 0 aliphatic heterocycles. The molecular weight excluding hydrogens is 170 g/mol. The van der Waals surface area contributed by atoms with Gasteiger partial charge in [0.2, 0.25) is 5.95 Å². The molecule has 13 heavy (non-hydrogen) atoms. The van der Waals surface area contributed by atoms with Crippen LogP contribution < -0.4 is 15.2 Å². The normalized spacial score (nSPS) is 9.69. The fourth-order valence-corrected chi connectivity index (χ4v) is 0.863. The highest BCUT2D eigenvalue weighted by molar-refractivity contribution is 5.35. The average molecular weight is 183 g/mol. The first kappa shape index (κ1) is 9.57. The van der Waals surface area contributed by atoms with Crippen molar-refractivity contribution in [3.8, 4) is 11.6 Å². The van der Waals surface area contributed by atoms with Crippen LogP contribution in [-0.4, -0.2) is 23.2 Å². The molecule has 1 rings (SSSR count). The lowest BCUT2D eigenvalue weighted by Gasteiger charge is -2.08. The maximum atomic E-state index is 5.40. The monoisotopic (exact) mass is 183 g/mol. The third kappa shape index (κ3) is 2.47. The Bertz CT molecular complexity index is 278. The number of nitrogens with zero attached hydrogens (tertiary/aromatic N) is 2. The van der Waals surface area contributed by atoms with Crippen LogP contribution >= 0.6 is 0 Å². The number of hydrogen-bond acceptors (Lipinski definition) is 5. The molecule has 1 aromatic rings. The smallest absolute Gasteiger partial charge is 0.261 e. The van der Waals surface area contributed by atoms with E-state index in [4.69, 9.17) is 15.2 Å². The van der Waals surface area contributed by atoms with Crippen molar-refractivity contribution in [1.82, 2.24) is 9.97 Å². The van der Waals surface area contributed by atoms with E-state index in [1.165, 1.54) is 6.20 Å². The predicted octanol–water partition coefficient (Wildman–Crippen LogP) is 0.856. The first-order chi connectivity index (χ1) is 6.27. The van der Waals surface area contributed by atoms with Gasteiger partial charge in [0, 0.05) is 0 Å². The Morgan fingerprint density at radius 3 is 2.62 bits per heavy atom. The molecule has 0 saturated carbocycles. The summed E-state index contributed by atoms with van der Waals surface area (Å²) in [6, 6.07) is 0. The van der Waals surface area contributed by atoms with Gasteiger partial charge in [0.05, 0.1) is 19.4 Å². The largest absolute Gasteiger partial charge is 0.487 e. The van der Waals surface area contributed by atoms with Crippen LogP contribution in [0.2, 0.25) is 0 Å². The summed E-state index contributed by atoms with van der Waals surface area (Å²) in [5.74, 6) is 1.11. The van der Waals surface area contributed by atoms with Crippen LogP contribution in [0.3, 0.4) is 0 Å². The van der Waals surface area contributed by atoms with Crippen molar-refractivity contribution in [2.24, 2.45) is 0 Å². The van der Waals surface area contributed by atoms with Crippen molar-refractivity contribution in [3.63, 3.8) is 0 Å². The second-order valence-corrected chi connectivity index (χ2v) is 2.26.